The van der Waals surface area contributed by atoms with E-state index < -0.39 is 0 Å². The van der Waals surface area contributed by atoms with E-state index in [0.29, 0.717) is 6.04 Å². The first-order valence-electron chi connectivity index (χ1n) is 13.0. The first kappa shape index (κ1) is 27.0. The lowest BCUT2D eigenvalue weighted by Gasteiger charge is -2.35. The fourth-order valence-corrected chi connectivity index (χ4v) is 5.02. The van der Waals surface area contributed by atoms with E-state index in [1.807, 2.05) is 24.5 Å². The molecule has 0 saturated carbocycles. The predicted molar refractivity (Wildman–Crippen MR) is 157 cm³/mol. The van der Waals surface area contributed by atoms with E-state index >= 15 is 0 Å². The van der Waals surface area contributed by atoms with Crippen molar-refractivity contribution in [2.24, 2.45) is 0 Å². The summed E-state index contributed by atoms with van der Waals surface area (Å²) in [4.78, 5) is 11.8. The molecule has 0 fully saturated rings. The van der Waals surface area contributed by atoms with Crippen LogP contribution in [0, 0.1) is 0 Å². The van der Waals surface area contributed by atoms with Gasteiger partial charge in [0.05, 0.1) is 17.4 Å². The van der Waals surface area contributed by atoms with Crippen molar-refractivity contribution in [2.75, 3.05) is 18.4 Å². The molecule has 0 radical (unpaired) electrons. The number of fused-ring (bicyclic) bond motifs is 1. The highest BCUT2D eigenvalue weighted by atomic mass is 79.9. The van der Waals surface area contributed by atoms with Crippen molar-refractivity contribution in [3.05, 3.63) is 125 Å². The van der Waals surface area contributed by atoms with E-state index in [1.54, 1.807) is 0 Å². The van der Waals surface area contributed by atoms with Crippen LogP contribution < -0.4 is 10.6 Å². The molecule has 0 aliphatic heterocycles. The Balaban J connectivity index is 0.00000320. The maximum Gasteiger partial charge on any atom is 0.0607 e. The minimum atomic E-state index is 0. The molecule has 1 unspecified atom stereocenters. The second-order valence-electron chi connectivity index (χ2n) is 9.46. The normalized spacial score (nSPS) is 14.6. The van der Waals surface area contributed by atoms with Crippen molar-refractivity contribution in [1.29, 1.82) is 0 Å². The summed E-state index contributed by atoms with van der Waals surface area (Å²) in [5.74, 6) is 0. The molecule has 2 aromatic carbocycles. The SMILES string of the molecule is Br.c1ccc(NCCN(Cc2ccc(CNCc3ccccn3)cc2)C2CCCc3cccnc32)cc1. The number of para-hydroxylation sites is 1. The molecular formula is C31H36BrN5. The molecule has 1 atom stereocenters. The highest BCUT2D eigenvalue weighted by molar-refractivity contribution is 8.93. The first-order valence-corrected chi connectivity index (χ1v) is 13.0. The topological polar surface area (TPSA) is 53.1 Å². The van der Waals surface area contributed by atoms with Crippen LogP contribution in [-0.2, 0) is 26.1 Å². The predicted octanol–water partition coefficient (Wildman–Crippen LogP) is 6.34. The Morgan fingerprint density at radius 2 is 1.57 bits per heavy atom. The lowest BCUT2D eigenvalue weighted by atomic mass is 9.90. The van der Waals surface area contributed by atoms with Crippen molar-refractivity contribution < 1.29 is 0 Å². The van der Waals surface area contributed by atoms with E-state index in [-0.39, 0.29) is 17.0 Å². The molecule has 0 saturated heterocycles. The molecule has 1 aliphatic carbocycles. The van der Waals surface area contributed by atoms with Crippen LogP contribution >= 0.6 is 17.0 Å². The summed E-state index contributed by atoms with van der Waals surface area (Å²) in [6, 6.07) is 30.2. The number of anilines is 1. The summed E-state index contributed by atoms with van der Waals surface area (Å²) in [6.45, 7) is 4.39. The molecule has 0 spiro atoms. The number of hydrogen-bond acceptors (Lipinski definition) is 5. The summed E-state index contributed by atoms with van der Waals surface area (Å²) in [7, 11) is 0. The minimum absolute atomic E-state index is 0. The quantitative estimate of drug-likeness (QED) is 0.225. The third-order valence-corrected chi connectivity index (χ3v) is 6.88. The Labute approximate surface area is 231 Å². The number of nitrogens with one attached hydrogen (secondary N) is 2. The molecule has 1 aliphatic rings. The minimum Gasteiger partial charge on any atom is -0.384 e. The van der Waals surface area contributed by atoms with Crippen LogP contribution in [0.1, 0.15) is 47.0 Å². The van der Waals surface area contributed by atoms with Crippen LogP contribution in [0.3, 0.4) is 0 Å². The number of aromatic nitrogens is 2. The van der Waals surface area contributed by atoms with Crippen LogP contribution in [0.2, 0.25) is 0 Å². The molecule has 0 amide bonds. The summed E-state index contributed by atoms with van der Waals surface area (Å²) < 4.78 is 0. The third kappa shape index (κ3) is 7.71. The highest BCUT2D eigenvalue weighted by Gasteiger charge is 2.27. The van der Waals surface area contributed by atoms with Gasteiger partial charge >= 0.3 is 0 Å². The van der Waals surface area contributed by atoms with Gasteiger partial charge in [-0.2, -0.15) is 0 Å². The fourth-order valence-electron chi connectivity index (χ4n) is 5.02. The van der Waals surface area contributed by atoms with Gasteiger partial charge in [0, 0.05) is 50.8 Å². The van der Waals surface area contributed by atoms with Gasteiger partial charge in [-0.3, -0.25) is 14.9 Å². The number of rotatable bonds is 11. The molecule has 0 bridgehead atoms. The molecule has 5 rings (SSSR count). The second kappa shape index (κ2) is 14.0. The number of pyridine rings is 2. The number of hydrogen-bond donors (Lipinski definition) is 2. The Kier molecular flexibility index (Phi) is 10.2. The van der Waals surface area contributed by atoms with Gasteiger partial charge in [0.15, 0.2) is 0 Å². The Morgan fingerprint density at radius 3 is 2.38 bits per heavy atom. The van der Waals surface area contributed by atoms with E-state index in [1.165, 1.54) is 34.5 Å². The monoisotopic (exact) mass is 557 g/mol. The zero-order valence-electron chi connectivity index (χ0n) is 21.2. The average Bonchev–Trinajstić information content (AvgIpc) is 2.94. The van der Waals surface area contributed by atoms with Gasteiger partial charge in [0.25, 0.3) is 0 Å². The Bertz CT molecular complexity index is 1200. The highest BCUT2D eigenvalue weighted by Crippen LogP contribution is 2.33. The zero-order valence-corrected chi connectivity index (χ0v) is 22.9. The van der Waals surface area contributed by atoms with E-state index in [4.69, 9.17) is 4.98 Å². The molecule has 192 valence electrons. The summed E-state index contributed by atoms with van der Waals surface area (Å²) in [5, 5.41) is 7.09. The number of benzene rings is 2. The maximum atomic E-state index is 4.83. The lowest BCUT2D eigenvalue weighted by molar-refractivity contribution is 0.172. The van der Waals surface area contributed by atoms with Gasteiger partial charge in [-0.1, -0.05) is 54.6 Å². The van der Waals surface area contributed by atoms with Crippen molar-refractivity contribution in [2.45, 2.75) is 44.9 Å². The second-order valence-corrected chi connectivity index (χ2v) is 9.46. The van der Waals surface area contributed by atoms with Crippen LogP contribution in [-0.4, -0.2) is 28.0 Å². The first-order chi connectivity index (χ1) is 17.8. The van der Waals surface area contributed by atoms with Gasteiger partial charge < -0.3 is 10.6 Å². The standard InChI is InChI=1S/C31H35N5.BrH/c1-2-10-28(11-3-1)34-20-21-36(30-13-6-8-27-9-7-19-35-31(27)30)24-26-16-14-25(15-17-26)22-32-23-29-12-4-5-18-33-29;/h1-5,7,9-12,14-19,30,32,34H,6,8,13,20-24H2;1H. The van der Waals surface area contributed by atoms with Crippen molar-refractivity contribution >= 4 is 22.7 Å². The van der Waals surface area contributed by atoms with Crippen molar-refractivity contribution in [3.8, 4) is 0 Å². The molecular weight excluding hydrogens is 522 g/mol. The van der Waals surface area contributed by atoms with E-state index in [9.17, 15) is 0 Å². The molecule has 37 heavy (non-hydrogen) atoms. The van der Waals surface area contributed by atoms with Crippen LogP contribution in [0.5, 0.6) is 0 Å². The van der Waals surface area contributed by atoms with Crippen molar-refractivity contribution in [3.63, 3.8) is 0 Å². The number of aryl methyl sites for hydroxylation is 1. The van der Waals surface area contributed by atoms with Gasteiger partial charge in [-0.25, -0.2) is 0 Å². The lowest BCUT2D eigenvalue weighted by Crippen LogP contribution is -2.35. The molecule has 2 aromatic heterocycles. The average molecular weight is 559 g/mol. The fraction of sp³-hybridized carbons (Fsp3) is 0.290. The molecule has 2 heterocycles. The van der Waals surface area contributed by atoms with Crippen LogP contribution in [0.25, 0.3) is 0 Å². The van der Waals surface area contributed by atoms with Crippen molar-refractivity contribution in [1.82, 2.24) is 20.2 Å². The van der Waals surface area contributed by atoms with E-state index in [2.05, 4.69) is 93.3 Å². The van der Waals surface area contributed by atoms with Crippen LogP contribution in [0.15, 0.2) is 97.3 Å². The van der Waals surface area contributed by atoms with Gasteiger partial charge in [-0.05, 0) is 66.3 Å². The number of nitrogens with zero attached hydrogens (tertiary/aromatic N) is 3. The zero-order chi connectivity index (χ0) is 24.4. The Hall–Kier alpha value is -3.06. The smallest absolute Gasteiger partial charge is 0.0607 e. The van der Waals surface area contributed by atoms with Gasteiger partial charge in [0.2, 0.25) is 0 Å². The van der Waals surface area contributed by atoms with Gasteiger partial charge in [0.1, 0.15) is 0 Å². The summed E-state index contributed by atoms with van der Waals surface area (Å²) in [6.07, 6.45) is 7.30. The Morgan fingerprint density at radius 1 is 0.784 bits per heavy atom. The number of halogens is 1. The summed E-state index contributed by atoms with van der Waals surface area (Å²) >= 11 is 0. The molecule has 4 aromatic rings. The summed E-state index contributed by atoms with van der Waals surface area (Å²) in [5.41, 5.74) is 7.53. The maximum absolute atomic E-state index is 4.83. The third-order valence-electron chi connectivity index (χ3n) is 6.88. The van der Waals surface area contributed by atoms with E-state index in [0.717, 1.165) is 51.3 Å². The van der Waals surface area contributed by atoms with Crippen LogP contribution in [0.4, 0.5) is 5.69 Å². The molecule has 6 heteroatoms. The molecule has 2 N–H and O–H groups in total. The molecule has 5 nitrogen and oxygen atoms in total. The largest absolute Gasteiger partial charge is 0.384 e. The van der Waals surface area contributed by atoms with Gasteiger partial charge in [-0.15, -0.1) is 17.0 Å².